The first kappa shape index (κ1) is 48.1. The molecule has 1 aromatic carbocycles. The van der Waals surface area contributed by atoms with E-state index < -0.39 is 30.2 Å². The zero-order valence-corrected chi connectivity index (χ0v) is 38.5. The van der Waals surface area contributed by atoms with Crippen LogP contribution in [0.3, 0.4) is 0 Å². The van der Waals surface area contributed by atoms with Crippen molar-refractivity contribution < 1.29 is 28.7 Å². The van der Waals surface area contributed by atoms with Crippen molar-refractivity contribution in [3.8, 4) is 0 Å². The smallest absolute Gasteiger partial charge is 0.245 e. The highest BCUT2D eigenvalue weighted by Gasteiger charge is 2.47. The maximum atomic E-state index is 14.5. The van der Waals surface area contributed by atoms with Crippen molar-refractivity contribution in [2.75, 3.05) is 40.6 Å². The van der Waals surface area contributed by atoms with Gasteiger partial charge in [0.05, 0.1) is 48.7 Å². The van der Waals surface area contributed by atoms with Crippen molar-refractivity contribution in [2.45, 2.75) is 142 Å². The van der Waals surface area contributed by atoms with E-state index in [0.29, 0.717) is 37.0 Å². The van der Waals surface area contributed by atoms with Crippen LogP contribution in [0.25, 0.3) is 0 Å². The average Bonchev–Trinajstić information content (AvgIpc) is 3.97. The minimum absolute atomic E-state index is 0.0128. The third-order valence-electron chi connectivity index (χ3n) is 13.6. The molecule has 0 radical (unpaired) electrons. The van der Waals surface area contributed by atoms with Crippen molar-refractivity contribution in [3.63, 3.8) is 0 Å². The number of hydrogen-bond donors (Lipinski definition) is 3. The minimum Gasteiger partial charge on any atom is -0.399 e. The zero-order chi connectivity index (χ0) is 43.7. The van der Waals surface area contributed by atoms with E-state index in [0.717, 1.165) is 29.8 Å². The van der Waals surface area contributed by atoms with Crippen LogP contribution in [0.15, 0.2) is 35.8 Å². The molecule has 2 saturated heterocycles. The van der Waals surface area contributed by atoms with Crippen LogP contribution in [0, 0.1) is 29.6 Å². The third-order valence-corrected chi connectivity index (χ3v) is 14.4. The van der Waals surface area contributed by atoms with Gasteiger partial charge in [0.1, 0.15) is 11.0 Å². The highest BCUT2D eigenvalue weighted by molar-refractivity contribution is 7.09. The van der Waals surface area contributed by atoms with Crippen LogP contribution >= 0.6 is 11.3 Å². The van der Waals surface area contributed by atoms with E-state index in [1.165, 1.54) is 11.3 Å². The van der Waals surface area contributed by atoms with Crippen molar-refractivity contribution >= 4 is 40.7 Å². The predicted molar refractivity (Wildman–Crippen MR) is 234 cm³/mol. The van der Waals surface area contributed by atoms with Gasteiger partial charge in [-0.05, 0) is 74.1 Å². The second-order valence-corrected chi connectivity index (χ2v) is 18.4. The number of likely N-dealkylation sites (tertiary alicyclic amines) is 2. The quantitative estimate of drug-likeness (QED) is 0.145. The number of aromatic nitrogens is 1. The van der Waals surface area contributed by atoms with Crippen LogP contribution in [0.1, 0.15) is 104 Å². The van der Waals surface area contributed by atoms with Gasteiger partial charge in [0, 0.05) is 51.1 Å². The zero-order valence-electron chi connectivity index (χ0n) is 37.6. The number of benzene rings is 1. The molecule has 13 nitrogen and oxygen atoms in total. The van der Waals surface area contributed by atoms with E-state index in [1.807, 2.05) is 62.4 Å². The molecule has 4 amide bonds. The molecule has 4 N–H and O–H groups in total. The molecule has 3 heterocycles. The summed E-state index contributed by atoms with van der Waals surface area (Å²) in [7, 11) is 6.96. The molecule has 14 heteroatoms. The molecule has 4 rings (SSSR count). The highest BCUT2D eigenvalue weighted by Crippen LogP contribution is 2.36. The Morgan fingerprint density at radius 1 is 1.02 bits per heavy atom. The molecule has 0 spiro atoms. The summed E-state index contributed by atoms with van der Waals surface area (Å²) in [6, 6.07) is 5.73. The van der Waals surface area contributed by atoms with E-state index in [9.17, 15) is 19.2 Å². The third kappa shape index (κ3) is 11.2. The molecular formula is C45H73N7O6S. The number of nitrogens with two attached hydrogens (primary N) is 1. The summed E-state index contributed by atoms with van der Waals surface area (Å²) in [6.07, 6.45) is 4.32. The Hall–Kier alpha value is -3.59. The van der Waals surface area contributed by atoms with Gasteiger partial charge in [-0.25, -0.2) is 4.98 Å². The first-order valence-electron chi connectivity index (χ1n) is 21.7. The number of nitrogen functional groups attached to an aromatic ring is 1. The molecule has 2 aromatic rings. The topological polar surface area (TPSA) is 159 Å². The molecule has 12 atom stereocenters. The molecule has 1 aromatic heterocycles. The summed E-state index contributed by atoms with van der Waals surface area (Å²) >= 11 is 1.49. The Bertz CT molecular complexity index is 1660. The number of likely N-dealkylation sites (N-methyl/N-ethyl adjacent to an activating group) is 2. The molecule has 2 aliphatic rings. The van der Waals surface area contributed by atoms with Crippen molar-refractivity contribution in [1.82, 2.24) is 30.3 Å². The Balaban J connectivity index is 1.48. The lowest BCUT2D eigenvalue weighted by Crippen LogP contribution is -2.59. The molecule has 2 fully saturated rings. The number of ether oxygens (including phenoxy) is 2. The number of carbonyl (C=O) groups excluding carboxylic acids is 4. The molecule has 0 bridgehead atoms. The number of nitrogens with zero attached hydrogens (tertiary/aromatic N) is 4. The number of carbonyl (C=O) groups is 4. The average molecular weight is 840 g/mol. The molecule has 330 valence electrons. The van der Waals surface area contributed by atoms with Crippen molar-refractivity contribution in [2.24, 2.45) is 29.6 Å². The van der Waals surface area contributed by atoms with Gasteiger partial charge < -0.3 is 35.6 Å². The minimum atomic E-state index is -0.747. The van der Waals surface area contributed by atoms with Gasteiger partial charge in [-0.15, -0.1) is 11.3 Å². The fourth-order valence-electron chi connectivity index (χ4n) is 9.75. The van der Waals surface area contributed by atoms with Crippen LogP contribution in [-0.4, -0.2) is 121 Å². The lowest BCUT2D eigenvalue weighted by atomic mass is 9.88. The van der Waals surface area contributed by atoms with Crippen LogP contribution in [-0.2, 0) is 35.1 Å². The van der Waals surface area contributed by atoms with Gasteiger partial charge in [0.15, 0.2) is 0 Å². The number of hydrogen-bond acceptors (Lipinski definition) is 10. The van der Waals surface area contributed by atoms with Crippen molar-refractivity contribution in [3.05, 3.63) is 46.4 Å². The number of methoxy groups -OCH3 is 2. The van der Waals surface area contributed by atoms with Gasteiger partial charge in [-0.3, -0.25) is 24.1 Å². The molecular weight excluding hydrogens is 767 g/mol. The fraction of sp³-hybridized carbons (Fsp3) is 0.711. The normalized spacial score (nSPS) is 24.6. The highest BCUT2D eigenvalue weighted by atomic mass is 32.1. The monoisotopic (exact) mass is 840 g/mol. The summed E-state index contributed by atoms with van der Waals surface area (Å²) in [5.74, 6) is -0.876. The second-order valence-electron chi connectivity index (χ2n) is 17.5. The summed E-state index contributed by atoms with van der Waals surface area (Å²) in [5.41, 5.74) is 7.61. The van der Waals surface area contributed by atoms with Crippen LogP contribution in [0.5, 0.6) is 0 Å². The van der Waals surface area contributed by atoms with Gasteiger partial charge in [-0.2, -0.15) is 0 Å². The van der Waals surface area contributed by atoms with Crippen LogP contribution < -0.4 is 16.4 Å². The predicted octanol–water partition coefficient (Wildman–Crippen LogP) is 5.55. The van der Waals surface area contributed by atoms with Gasteiger partial charge in [0.2, 0.25) is 23.6 Å². The largest absolute Gasteiger partial charge is 0.399 e. The number of thiazole rings is 1. The van der Waals surface area contributed by atoms with E-state index in [4.69, 9.17) is 15.2 Å². The molecule has 0 saturated carbocycles. The maximum absolute atomic E-state index is 14.5. The number of rotatable bonds is 20. The lowest BCUT2D eigenvalue weighted by molar-refractivity contribution is -0.148. The molecule has 2 aliphatic heterocycles. The Morgan fingerprint density at radius 2 is 1.69 bits per heavy atom. The molecule has 3 unspecified atom stereocenters. The number of nitrogens with one attached hydrogen (secondary N) is 2. The summed E-state index contributed by atoms with van der Waals surface area (Å²) in [4.78, 5) is 67.0. The Morgan fingerprint density at radius 3 is 2.24 bits per heavy atom. The van der Waals surface area contributed by atoms with E-state index in [1.54, 1.807) is 32.4 Å². The van der Waals surface area contributed by atoms with Gasteiger partial charge >= 0.3 is 0 Å². The summed E-state index contributed by atoms with van der Waals surface area (Å²) < 4.78 is 12.2. The van der Waals surface area contributed by atoms with Crippen LogP contribution in [0.4, 0.5) is 5.69 Å². The first-order chi connectivity index (χ1) is 28.0. The SMILES string of the molecule is CCC1[C@@H](C)C(C)[C@@H](C(=O)N[C@H](C(=O)N(C)C([C@@H](C)CC)[C@@H](CC(=O)N2CCC[C@H]2[C@H](OC)[C@@H](C)C(=O)N[C@@H](Cc2ccc(N)cc2)c2nccs2)OC)C(C)C)N1C. The van der Waals surface area contributed by atoms with E-state index in [2.05, 4.69) is 55.1 Å². The van der Waals surface area contributed by atoms with E-state index >= 15 is 0 Å². The summed E-state index contributed by atoms with van der Waals surface area (Å²) in [6.45, 7) is 16.9. The second kappa shape index (κ2) is 21.8. The van der Waals surface area contributed by atoms with Gasteiger partial charge in [-0.1, -0.05) is 73.9 Å². The Labute approximate surface area is 357 Å². The number of anilines is 1. The molecule has 59 heavy (non-hydrogen) atoms. The van der Waals surface area contributed by atoms with Crippen molar-refractivity contribution in [1.29, 1.82) is 0 Å². The van der Waals surface area contributed by atoms with E-state index in [-0.39, 0.29) is 65.9 Å². The van der Waals surface area contributed by atoms with Gasteiger partial charge in [0.25, 0.3) is 0 Å². The fourth-order valence-corrected chi connectivity index (χ4v) is 10.4. The first-order valence-corrected chi connectivity index (χ1v) is 22.6. The standard InChI is InChI=1S/C45H73N7O6S/c1-13-27(5)39(51(10)45(56)38(26(3)4)49-43(55)40-29(7)28(6)34(14-2)50(40)9)36(57-11)25-37(53)52-22-15-16-35(52)41(58-12)30(8)42(54)48-33(44-47-21-23-59-44)24-31-17-19-32(46)20-18-31/h17-21,23,26-30,33-36,38-41H,13-16,22,24-25,46H2,1-12H3,(H,48,54)(H,49,55)/t27-,28-,29?,30+,33-,34?,35-,36+,38-,39?,40-,41+/m0/s1. The Kier molecular flexibility index (Phi) is 17.8. The van der Waals surface area contributed by atoms with Crippen LogP contribution in [0.2, 0.25) is 0 Å². The summed E-state index contributed by atoms with van der Waals surface area (Å²) in [5, 5.41) is 9.08. The lowest BCUT2D eigenvalue weighted by Gasteiger charge is -2.41. The maximum Gasteiger partial charge on any atom is 0.245 e. The number of amides is 4. The molecule has 0 aliphatic carbocycles.